The Morgan fingerprint density at radius 3 is 2.88 bits per heavy atom. The highest BCUT2D eigenvalue weighted by Gasteiger charge is 2.21. The van der Waals surface area contributed by atoms with Gasteiger partial charge in [0.05, 0.1) is 0 Å². The summed E-state index contributed by atoms with van der Waals surface area (Å²) in [7, 11) is 0. The number of nitrogens with zero attached hydrogens (tertiary/aromatic N) is 1. The van der Waals surface area contributed by atoms with Crippen molar-refractivity contribution in [3.05, 3.63) is 35.6 Å². The normalized spacial score (nSPS) is 21.1. The van der Waals surface area contributed by atoms with Crippen LogP contribution in [0, 0.1) is 5.82 Å². The predicted octanol–water partition coefficient (Wildman–Crippen LogP) is 2.85. The molecule has 2 rings (SSSR count). The largest absolute Gasteiger partial charge is 0.342 e. The third-order valence-electron chi connectivity index (χ3n) is 3.04. The van der Waals surface area contributed by atoms with Gasteiger partial charge in [0.15, 0.2) is 0 Å². The number of hydrogen-bond acceptors (Lipinski definition) is 2. The highest BCUT2D eigenvalue weighted by molar-refractivity contribution is 7.99. The van der Waals surface area contributed by atoms with Gasteiger partial charge in [-0.25, -0.2) is 4.39 Å². The highest BCUT2D eigenvalue weighted by atomic mass is 32.2. The molecular weight excluding hydrogens is 237 g/mol. The Hall–Kier alpha value is -1.03. The second-order valence-corrected chi connectivity index (χ2v) is 5.49. The maximum atomic E-state index is 13.7. The predicted molar refractivity (Wildman–Crippen MR) is 68.5 cm³/mol. The van der Waals surface area contributed by atoms with Gasteiger partial charge in [0.1, 0.15) is 5.82 Å². The van der Waals surface area contributed by atoms with Crippen LogP contribution >= 0.6 is 11.8 Å². The first-order chi connectivity index (χ1) is 8.18. The van der Waals surface area contributed by atoms with Gasteiger partial charge < -0.3 is 4.90 Å². The van der Waals surface area contributed by atoms with Crippen LogP contribution in [0.15, 0.2) is 24.3 Å². The lowest BCUT2D eigenvalue weighted by Crippen LogP contribution is -2.30. The summed E-state index contributed by atoms with van der Waals surface area (Å²) in [5, 5.41) is 0.167. The SMILES string of the molecule is CC(=O)N1CCSC(c2ccccc2F)CC1. The summed E-state index contributed by atoms with van der Waals surface area (Å²) < 4.78 is 13.7. The molecule has 1 saturated heterocycles. The Balaban J connectivity index is 2.09. The van der Waals surface area contributed by atoms with Crippen LogP contribution in [0.2, 0.25) is 0 Å². The monoisotopic (exact) mass is 253 g/mol. The summed E-state index contributed by atoms with van der Waals surface area (Å²) in [5.41, 5.74) is 0.767. The van der Waals surface area contributed by atoms with Crippen LogP contribution in [0.25, 0.3) is 0 Å². The van der Waals surface area contributed by atoms with Gasteiger partial charge in [-0.3, -0.25) is 4.79 Å². The highest BCUT2D eigenvalue weighted by Crippen LogP contribution is 2.35. The Kier molecular flexibility index (Phi) is 4.05. The maximum absolute atomic E-state index is 13.7. The van der Waals surface area contributed by atoms with E-state index >= 15 is 0 Å². The number of carbonyl (C=O) groups excluding carboxylic acids is 1. The van der Waals surface area contributed by atoms with Crippen molar-refractivity contribution in [1.29, 1.82) is 0 Å². The van der Waals surface area contributed by atoms with E-state index < -0.39 is 0 Å². The molecule has 1 aliphatic rings. The number of thioether (sulfide) groups is 1. The van der Waals surface area contributed by atoms with E-state index in [2.05, 4.69) is 0 Å². The van der Waals surface area contributed by atoms with E-state index in [1.807, 2.05) is 17.0 Å². The molecule has 0 aliphatic carbocycles. The first kappa shape index (κ1) is 12.4. The number of hydrogen-bond donors (Lipinski definition) is 0. The molecule has 92 valence electrons. The molecule has 1 heterocycles. The Bertz CT molecular complexity index is 410. The molecule has 0 aromatic heterocycles. The van der Waals surface area contributed by atoms with Gasteiger partial charge in [-0.2, -0.15) is 11.8 Å². The number of benzene rings is 1. The quantitative estimate of drug-likeness (QED) is 0.767. The van der Waals surface area contributed by atoms with Gasteiger partial charge >= 0.3 is 0 Å². The topological polar surface area (TPSA) is 20.3 Å². The fraction of sp³-hybridized carbons (Fsp3) is 0.462. The molecule has 1 aromatic rings. The van der Waals surface area contributed by atoms with Crippen LogP contribution in [0.4, 0.5) is 4.39 Å². The molecule has 1 fully saturated rings. The Morgan fingerprint density at radius 2 is 2.18 bits per heavy atom. The number of rotatable bonds is 1. The lowest BCUT2D eigenvalue weighted by atomic mass is 10.1. The van der Waals surface area contributed by atoms with Gasteiger partial charge in [0, 0.05) is 36.6 Å². The van der Waals surface area contributed by atoms with E-state index in [9.17, 15) is 9.18 Å². The third kappa shape index (κ3) is 3.00. The standard InChI is InChI=1S/C13H16FNOS/c1-10(16)15-7-6-13(17-9-8-15)11-4-2-3-5-12(11)14/h2-5,13H,6-9H2,1H3. The second kappa shape index (κ2) is 5.54. The maximum Gasteiger partial charge on any atom is 0.219 e. The zero-order valence-corrected chi connectivity index (χ0v) is 10.7. The van der Waals surface area contributed by atoms with Crippen LogP contribution in [0.3, 0.4) is 0 Å². The second-order valence-electron chi connectivity index (χ2n) is 4.18. The third-order valence-corrected chi connectivity index (χ3v) is 4.35. The average Bonchev–Trinajstić information content (AvgIpc) is 2.55. The van der Waals surface area contributed by atoms with Crippen LogP contribution < -0.4 is 0 Å². The molecule has 0 radical (unpaired) electrons. The van der Waals surface area contributed by atoms with E-state index in [0.29, 0.717) is 0 Å². The van der Waals surface area contributed by atoms with E-state index in [1.165, 1.54) is 6.07 Å². The van der Waals surface area contributed by atoms with E-state index in [4.69, 9.17) is 0 Å². The molecule has 4 heteroatoms. The molecule has 0 spiro atoms. The van der Waals surface area contributed by atoms with Crippen molar-refractivity contribution in [3.63, 3.8) is 0 Å². The molecule has 1 aliphatic heterocycles. The van der Waals surface area contributed by atoms with Crippen molar-refractivity contribution in [2.24, 2.45) is 0 Å². The molecule has 2 nitrogen and oxygen atoms in total. The first-order valence-corrected chi connectivity index (χ1v) is 6.85. The minimum Gasteiger partial charge on any atom is -0.342 e. The molecule has 1 amide bonds. The van der Waals surface area contributed by atoms with Crippen LogP contribution in [0.1, 0.15) is 24.2 Å². The molecule has 1 aromatic carbocycles. The summed E-state index contributed by atoms with van der Waals surface area (Å²) in [6.07, 6.45) is 0.825. The minimum atomic E-state index is -0.138. The molecule has 0 bridgehead atoms. The van der Waals surface area contributed by atoms with Crippen molar-refractivity contribution in [2.45, 2.75) is 18.6 Å². The van der Waals surface area contributed by atoms with Crippen LogP contribution in [-0.2, 0) is 4.79 Å². The zero-order chi connectivity index (χ0) is 12.3. The van der Waals surface area contributed by atoms with Crippen LogP contribution in [0.5, 0.6) is 0 Å². The first-order valence-electron chi connectivity index (χ1n) is 5.80. The molecule has 1 unspecified atom stereocenters. The van der Waals surface area contributed by atoms with Crippen molar-refractivity contribution in [1.82, 2.24) is 4.90 Å². The van der Waals surface area contributed by atoms with Crippen LogP contribution in [-0.4, -0.2) is 29.6 Å². The van der Waals surface area contributed by atoms with Crippen molar-refractivity contribution in [3.8, 4) is 0 Å². The van der Waals surface area contributed by atoms with Gasteiger partial charge in [-0.15, -0.1) is 0 Å². The zero-order valence-electron chi connectivity index (χ0n) is 9.86. The Labute approximate surface area is 105 Å². The molecule has 17 heavy (non-hydrogen) atoms. The lowest BCUT2D eigenvalue weighted by Gasteiger charge is -2.18. The fourth-order valence-electron chi connectivity index (χ4n) is 2.07. The summed E-state index contributed by atoms with van der Waals surface area (Å²) >= 11 is 1.74. The number of carbonyl (C=O) groups is 1. The van der Waals surface area contributed by atoms with E-state index in [1.54, 1.807) is 24.8 Å². The van der Waals surface area contributed by atoms with Crippen molar-refractivity contribution < 1.29 is 9.18 Å². The van der Waals surface area contributed by atoms with Gasteiger partial charge in [0.25, 0.3) is 0 Å². The molecule has 1 atom stereocenters. The summed E-state index contributed by atoms with van der Waals surface area (Å²) in [5.74, 6) is 0.847. The van der Waals surface area contributed by atoms with Gasteiger partial charge in [-0.1, -0.05) is 18.2 Å². The average molecular weight is 253 g/mol. The van der Waals surface area contributed by atoms with Gasteiger partial charge in [0.2, 0.25) is 5.91 Å². The molecule has 0 N–H and O–H groups in total. The van der Waals surface area contributed by atoms with Crippen molar-refractivity contribution in [2.75, 3.05) is 18.8 Å². The summed E-state index contributed by atoms with van der Waals surface area (Å²) in [6, 6.07) is 6.93. The molecular formula is C13H16FNOS. The fourth-order valence-corrected chi connectivity index (χ4v) is 3.32. The summed E-state index contributed by atoms with van der Waals surface area (Å²) in [6.45, 7) is 3.08. The smallest absolute Gasteiger partial charge is 0.219 e. The molecule has 0 saturated carbocycles. The number of halogens is 1. The minimum absolute atomic E-state index is 0.111. The lowest BCUT2D eigenvalue weighted by molar-refractivity contribution is -0.128. The number of amides is 1. The van der Waals surface area contributed by atoms with Gasteiger partial charge in [-0.05, 0) is 12.5 Å². The van der Waals surface area contributed by atoms with E-state index in [0.717, 1.165) is 30.8 Å². The Morgan fingerprint density at radius 1 is 1.41 bits per heavy atom. The summed E-state index contributed by atoms with van der Waals surface area (Å²) in [4.78, 5) is 13.1. The van der Waals surface area contributed by atoms with E-state index in [-0.39, 0.29) is 17.0 Å². The van der Waals surface area contributed by atoms with Crippen molar-refractivity contribution >= 4 is 17.7 Å².